The zero-order chi connectivity index (χ0) is 13.5. The molecule has 0 spiro atoms. The summed E-state index contributed by atoms with van der Waals surface area (Å²) in [5, 5.41) is 3.12. The quantitative estimate of drug-likeness (QED) is 0.876. The van der Waals surface area contributed by atoms with Gasteiger partial charge in [0.2, 0.25) is 0 Å². The number of nitrogens with zero attached hydrogens (tertiary/aromatic N) is 1. The van der Waals surface area contributed by atoms with Gasteiger partial charge in [0.1, 0.15) is 5.82 Å². The number of fused-ring (bicyclic) bond motifs is 1. The first-order valence-electron chi connectivity index (χ1n) is 6.63. The van der Waals surface area contributed by atoms with Crippen molar-refractivity contribution in [3.8, 4) is 0 Å². The third-order valence-electron chi connectivity index (χ3n) is 3.84. The molecule has 0 atom stereocenters. The maximum atomic E-state index is 14.5. The number of alkyl halides is 2. The average Bonchev–Trinajstić information content (AvgIpc) is 2.78. The number of hydrogen-bond acceptors (Lipinski definition) is 2. The number of rotatable bonds is 2. The average molecular weight is 265 g/mol. The molecule has 3 rings (SSSR count). The smallest absolute Gasteiger partial charge is 0.276 e. The van der Waals surface area contributed by atoms with Gasteiger partial charge in [0.25, 0.3) is 5.92 Å². The number of benzene rings is 1. The summed E-state index contributed by atoms with van der Waals surface area (Å²) in [7, 11) is 0. The molecule has 2 N–H and O–H groups in total. The van der Waals surface area contributed by atoms with Crippen LogP contribution in [-0.2, 0) is 5.92 Å². The normalized spacial score (nSPS) is 18.1. The van der Waals surface area contributed by atoms with Crippen LogP contribution in [0.5, 0.6) is 0 Å². The number of piperidine rings is 1. The number of hydrogen-bond donors (Lipinski definition) is 2. The summed E-state index contributed by atoms with van der Waals surface area (Å²) in [6.45, 7) is 3.17. The highest BCUT2D eigenvalue weighted by molar-refractivity contribution is 5.76. The number of aromatic amines is 1. The van der Waals surface area contributed by atoms with Crippen molar-refractivity contribution in [2.45, 2.75) is 25.7 Å². The fourth-order valence-corrected chi connectivity index (χ4v) is 2.76. The molecule has 2 heterocycles. The van der Waals surface area contributed by atoms with E-state index in [1.807, 2.05) is 6.92 Å². The standard InChI is InChI=1S/C14H17F2N3/c1-9-18-12-3-2-11(8-13(12)19-9)14(15,16)10-4-6-17-7-5-10/h2-3,8,10,17H,4-7H2,1H3,(H,18,19). The molecule has 102 valence electrons. The second-order valence-corrected chi connectivity index (χ2v) is 5.20. The summed E-state index contributed by atoms with van der Waals surface area (Å²) in [5.74, 6) is -2.59. The number of halogens is 2. The largest absolute Gasteiger partial charge is 0.342 e. The topological polar surface area (TPSA) is 40.7 Å². The first-order valence-corrected chi connectivity index (χ1v) is 6.63. The molecular formula is C14H17F2N3. The van der Waals surface area contributed by atoms with Gasteiger partial charge >= 0.3 is 0 Å². The molecule has 3 nitrogen and oxygen atoms in total. The van der Waals surface area contributed by atoms with Crippen molar-refractivity contribution in [1.82, 2.24) is 15.3 Å². The van der Waals surface area contributed by atoms with E-state index in [2.05, 4.69) is 15.3 Å². The van der Waals surface area contributed by atoms with Crippen LogP contribution in [0.3, 0.4) is 0 Å². The van der Waals surface area contributed by atoms with Gasteiger partial charge < -0.3 is 10.3 Å². The van der Waals surface area contributed by atoms with Gasteiger partial charge in [-0.15, -0.1) is 0 Å². The maximum absolute atomic E-state index is 14.5. The predicted octanol–water partition coefficient (Wildman–Crippen LogP) is 2.96. The Morgan fingerprint density at radius 1 is 1.26 bits per heavy atom. The lowest BCUT2D eigenvalue weighted by Gasteiger charge is -2.30. The van der Waals surface area contributed by atoms with Crippen molar-refractivity contribution in [3.63, 3.8) is 0 Å². The van der Waals surface area contributed by atoms with Gasteiger partial charge in [0.05, 0.1) is 11.0 Å². The third-order valence-corrected chi connectivity index (χ3v) is 3.84. The van der Waals surface area contributed by atoms with Crippen LogP contribution in [0.1, 0.15) is 24.2 Å². The minimum Gasteiger partial charge on any atom is -0.342 e. The van der Waals surface area contributed by atoms with Crippen LogP contribution in [0.4, 0.5) is 8.78 Å². The van der Waals surface area contributed by atoms with Crippen LogP contribution in [-0.4, -0.2) is 23.1 Å². The van der Waals surface area contributed by atoms with E-state index in [-0.39, 0.29) is 5.56 Å². The first kappa shape index (κ1) is 12.5. The lowest BCUT2D eigenvalue weighted by atomic mass is 9.87. The van der Waals surface area contributed by atoms with Crippen LogP contribution in [0.2, 0.25) is 0 Å². The van der Waals surface area contributed by atoms with E-state index in [1.54, 1.807) is 6.07 Å². The molecule has 0 amide bonds. The molecule has 1 aromatic carbocycles. The molecule has 2 aromatic rings. The molecule has 19 heavy (non-hydrogen) atoms. The molecular weight excluding hydrogens is 248 g/mol. The monoisotopic (exact) mass is 265 g/mol. The van der Waals surface area contributed by atoms with Crippen LogP contribution in [0.25, 0.3) is 11.0 Å². The summed E-state index contributed by atoms with van der Waals surface area (Å²) in [6, 6.07) is 4.71. The number of imidazole rings is 1. The molecule has 0 saturated carbocycles. The highest BCUT2D eigenvalue weighted by Crippen LogP contribution is 2.41. The Morgan fingerprint density at radius 2 is 2.00 bits per heavy atom. The van der Waals surface area contributed by atoms with Crippen molar-refractivity contribution < 1.29 is 8.78 Å². The fraction of sp³-hybridized carbons (Fsp3) is 0.500. The lowest BCUT2D eigenvalue weighted by Crippen LogP contribution is -2.36. The van der Waals surface area contributed by atoms with Gasteiger partial charge in [-0.2, -0.15) is 0 Å². The Balaban J connectivity index is 1.96. The molecule has 1 saturated heterocycles. The minimum atomic E-state index is -2.77. The Bertz CT molecular complexity index is 585. The van der Waals surface area contributed by atoms with E-state index in [0.717, 1.165) is 11.3 Å². The molecule has 0 bridgehead atoms. The third kappa shape index (κ3) is 2.23. The summed E-state index contributed by atoms with van der Waals surface area (Å²) in [5.41, 5.74) is 1.52. The van der Waals surface area contributed by atoms with Crippen molar-refractivity contribution in [2.24, 2.45) is 5.92 Å². The zero-order valence-corrected chi connectivity index (χ0v) is 10.8. The van der Waals surface area contributed by atoms with Gasteiger partial charge in [0, 0.05) is 11.5 Å². The van der Waals surface area contributed by atoms with E-state index in [1.165, 1.54) is 12.1 Å². The number of nitrogens with one attached hydrogen (secondary N) is 2. The highest BCUT2D eigenvalue weighted by atomic mass is 19.3. The number of aromatic nitrogens is 2. The molecule has 1 aromatic heterocycles. The van der Waals surface area contributed by atoms with Crippen molar-refractivity contribution in [3.05, 3.63) is 29.6 Å². The van der Waals surface area contributed by atoms with Crippen molar-refractivity contribution in [1.29, 1.82) is 0 Å². The number of aryl methyl sites for hydroxylation is 1. The maximum Gasteiger partial charge on any atom is 0.276 e. The second kappa shape index (κ2) is 4.56. The predicted molar refractivity (Wildman–Crippen MR) is 70.3 cm³/mol. The molecule has 0 radical (unpaired) electrons. The Kier molecular flexibility index (Phi) is 3.01. The van der Waals surface area contributed by atoms with Gasteiger partial charge in [-0.05, 0) is 45.0 Å². The van der Waals surface area contributed by atoms with E-state index in [4.69, 9.17) is 0 Å². The van der Waals surface area contributed by atoms with E-state index < -0.39 is 11.8 Å². The lowest BCUT2D eigenvalue weighted by molar-refractivity contribution is -0.0752. The van der Waals surface area contributed by atoms with Crippen LogP contribution in [0.15, 0.2) is 18.2 Å². The van der Waals surface area contributed by atoms with Crippen molar-refractivity contribution >= 4 is 11.0 Å². The van der Waals surface area contributed by atoms with E-state index >= 15 is 0 Å². The number of H-pyrrole nitrogens is 1. The summed E-state index contributed by atoms with van der Waals surface area (Å²) < 4.78 is 29.0. The van der Waals surface area contributed by atoms with Gasteiger partial charge in [0.15, 0.2) is 0 Å². The summed E-state index contributed by atoms with van der Waals surface area (Å²) >= 11 is 0. The van der Waals surface area contributed by atoms with Gasteiger partial charge in [-0.25, -0.2) is 13.8 Å². The van der Waals surface area contributed by atoms with Gasteiger partial charge in [-0.1, -0.05) is 6.07 Å². The van der Waals surface area contributed by atoms with Crippen molar-refractivity contribution in [2.75, 3.05) is 13.1 Å². The highest BCUT2D eigenvalue weighted by Gasteiger charge is 2.41. The molecule has 1 fully saturated rings. The Labute approximate surface area is 110 Å². The van der Waals surface area contributed by atoms with Crippen LogP contribution < -0.4 is 5.32 Å². The Morgan fingerprint density at radius 3 is 2.74 bits per heavy atom. The summed E-state index contributed by atoms with van der Waals surface area (Å²) in [6.07, 6.45) is 1.04. The van der Waals surface area contributed by atoms with E-state index in [0.29, 0.717) is 31.4 Å². The first-order chi connectivity index (χ1) is 9.07. The Hall–Kier alpha value is -1.49. The fourth-order valence-electron chi connectivity index (χ4n) is 2.76. The van der Waals surface area contributed by atoms with Gasteiger partial charge in [-0.3, -0.25) is 0 Å². The van der Waals surface area contributed by atoms with Crippen LogP contribution >= 0.6 is 0 Å². The minimum absolute atomic E-state index is 0.0931. The summed E-state index contributed by atoms with van der Waals surface area (Å²) in [4.78, 5) is 7.26. The molecule has 1 aliphatic rings. The van der Waals surface area contributed by atoms with Crippen LogP contribution in [0, 0.1) is 12.8 Å². The molecule has 5 heteroatoms. The molecule has 0 unspecified atom stereocenters. The van der Waals surface area contributed by atoms with E-state index in [9.17, 15) is 8.78 Å². The second-order valence-electron chi connectivity index (χ2n) is 5.20. The SMILES string of the molecule is Cc1nc2ccc(C(F)(F)C3CCNCC3)cc2[nH]1. The zero-order valence-electron chi connectivity index (χ0n) is 10.8. The molecule has 1 aliphatic heterocycles. The molecule has 0 aliphatic carbocycles.